The first-order chi connectivity index (χ1) is 8.17. The Hall–Kier alpha value is -1.05. The van der Waals surface area contributed by atoms with Crippen LogP contribution in [0.5, 0.6) is 0 Å². The molecule has 17 heavy (non-hydrogen) atoms. The minimum atomic E-state index is 0.122. The van der Waals surface area contributed by atoms with E-state index in [4.69, 9.17) is 5.26 Å². The summed E-state index contributed by atoms with van der Waals surface area (Å²) in [7, 11) is 0. The van der Waals surface area contributed by atoms with Gasteiger partial charge in [-0.05, 0) is 30.5 Å². The Bertz CT molecular complexity index is 455. The van der Waals surface area contributed by atoms with E-state index in [-0.39, 0.29) is 12.6 Å². The highest BCUT2D eigenvalue weighted by Crippen LogP contribution is 2.33. The number of hydrogen-bond donors (Lipinski definition) is 1. The first-order valence-electron chi connectivity index (χ1n) is 5.74. The van der Waals surface area contributed by atoms with Crippen LogP contribution in [0.2, 0.25) is 0 Å². The Morgan fingerprint density at radius 3 is 3.00 bits per heavy atom. The topological polar surface area (TPSA) is 47.3 Å². The second-order valence-electron chi connectivity index (χ2n) is 4.48. The van der Waals surface area contributed by atoms with E-state index >= 15 is 0 Å². The van der Waals surface area contributed by atoms with Gasteiger partial charge in [-0.2, -0.15) is 5.26 Å². The van der Waals surface area contributed by atoms with E-state index in [9.17, 15) is 5.11 Å². The lowest BCUT2D eigenvalue weighted by Crippen LogP contribution is -2.35. The van der Waals surface area contributed by atoms with Gasteiger partial charge in [0.15, 0.2) is 0 Å². The zero-order valence-electron chi connectivity index (χ0n) is 9.73. The Labute approximate surface area is 110 Å². The number of aliphatic hydroxyl groups excluding tert-OH is 1. The van der Waals surface area contributed by atoms with Crippen molar-refractivity contribution in [2.24, 2.45) is 5.92 Å². The second-order valence-corrected chi connectivity index (χ2v) is 5.40. The number of hydrogen-bond acceptors (Lipinski definition) is 3. The molecule has 0 aromatic heterocycles. The van der Waals surface area contributed by atoms with Crippen LogP contribution in [0, 0.1) is 17.2 Å². The van der Waals surface area contributed by atoms with Crippen LogP contribution in [-0.2, 0) is 0 Å². The van der Waals surface area contributed by atoms with Crippen LogP contribution >= 0.6 is 15.9 Å². The highest BCUT2D eigenvalue weighted by Gasteiger charge is 2.31. The van der Waals surface area contributed by atoms with E-state index in [0.717, 1.165) is 23.1 Å². The van der Waals surface area contributed by atoms with Crippen molar-refractivity contribution in [1.82, 2.24) is 0 Å². The number of benzene rings is 1. The van der Waals surface area contributed by atoms with Gasteiger partial charge in [0.1, 0.15) is 6.07 Å². The van der Waals surface area contributed by atoms with Gasteiger partial charge in [-0.3, -0.25) is 0 Å². The minimum Gasteiger partial charge on any atom is -0.394 e. The van der Waals surface area contributed by atoms with Gasteiger partial charge in [0.05, 0.1) is 23.9 Å². The molecule has 2 unspecified atom stereocenters. The summed E-state index contributed by atoms with van der Waals surface area (Å²) in [6.07, 6.45) is 1.06. The number of rotatable bonds is 2. The molecule has 2 atom stereocenters. The van der Waals surface area contributed by atoms with E-state index in [1.807, 2.05) is 18.2 Å². The summed E-state index contributed by atoms with van der Waals surface area (Å²) in [4.78, 5) is 2.15. The fourth-order valence-electron chi connectivity index (χ4n) is 2.42. The molecule has 2 rings (SSSR count). The summed E-state index contributed by atoms with van der Waals surface area (Å²) in [6, 6.07) is 7.98. The molecular weight excluding hydrogens is 280 g/mol. The average Bonchev–Trinajstić information content (AvgIpc) is 2.70. The molecule has 0 bridgehead atoms. The van der Waals surface area contributed by atoms with E-state index in [1.165, 1.54) is 0 Å². The summed E-state index contributed by atoms with van der Waals surface area (Å²) in [5.41, 5.74) is 1.59. The van der Waals surface area contributed by atoms with Crippen molar-refractivity contribution in [3.63, 3.8) is 0 Å². The van der Waals surface area contributed by atoms with Crippen LogP contribution in [0.1, 0.15) is 18.9 Å². The largest absolute Gasteiger partial charge is 0.394 e. The number of aliphatic hydroxyl groups is 1. The summed E-state index contributed by atoms with van der Waals surface area (Å²) >= 11 is 3.43. The van der Waals surface area contributed by atoms with Gasteiger partial charge in [-0.15, -0.1) is 0 Å². The standard InChI is InChI=1S/C13H15BrN2O/c1-9-4-5-16(13(9)8-17)12-6-11(14)3-2-10(12)7-15/h2-3,6,9,13,17H,4-5,8H2,1H3. The molecule has 4 heteroatoms. The molecule has 1 aromatic carbocycles. The highest BCUT2D eigenvalue weighted by atomic mass is 79.9. The monoisotopic (exact) mass is 294 g/mol. The lowest BCUT2D eigenvalue weighted by atomic mass is 10.0. The summed E-state index contributed by atoms with van der Waals surface area (Å²) in [5.74, 6) is 0.463. The predicted molar refractivity (Wildman–Crippen MR) is 70.9 cm³/mol. The van der Waals surface area contributed by atoms with Crippen molar-refractivity contribution in [1.29, 1.82) is 5.26 Å². The fourth-order valence-corrected chi connectivity index (χ4v) is 2.77. The maximum atomic E-state index is 9.46. The summed E-state index contributed by atoms with van der Waals surface area (Å²) in [5, 5.41) is 18.6. The Balaban J connectivity index is 2.40. The van der Waals surface area contributed by atoms with Crippen molar-refractivity contribution in [3.05, 3.63) is 28.2 Å². The maximum Gasteiger partial charge on any atom is 0.101 e. The highest BCUT2D eigenvalue weighted by molar-refractivity contribution is 9.10. The van der Waals surface area contributed by atoms with E-state index in [1.54, 1.807) is 0 Å². The first-order valence-corrected chi connectivity index (χ1v) is 6.54. The molecular formula is C13H15BrN2O. The molecule has 0 amide bonds. The SMILES string of the molecule is CC1CCN(c2cc(Br)ccc2C#N)C1CO. The molecule has 1 aliphatic rings. The minimum absolute atomic E-state index is 0.122. The van der Waals surface area contributed by atoms with Crippen molar-refractivity contribution < 1.29 is 5.11 Å². The van der Waals surface area contributed by atoms with E-state index in [0.29, 0.717) is 11.5 Å². The molecule has 0 saturated carbocycles. The summed E-state index contributed by atoms with van der Waals surface area (Å²) in [6.45, 7) is 3.18. The van der Waals surface area contributed by atoms with Crippen molar-refractivity contribution >= 4 is 21.6 Å². The van der Waals surface area contributed by atoms with Crippen LogP contribution in [0.15, 0.2) is 22.7 Å². The number of halogens is 1. The molecule has 90 valence electrons. The van der Waals surface area contributed by atoms with Gasteiger partial charge in [0, 0.05) is 11.0 Å². The molecule has 0 spiro atoms. The lowest BCUT2D eigenvalue weighted by molar-refractivity contribution is 0.244. The average molecular weight is 295 g/mol. The molecule has 0 aliphatic carbocycles. The van der Waals surface area contributed by atoms with Crippen molar-refractivity contribution in [3.8, 4) is 6.07 Å². The van der Waals surface area contributed by atoms with Gasteiger partial charge in [0.25, 0.3) is 0 Å². The van der Waals surface area contributed by atoms with Gasteiger partial charge >= 0.3 is 0 Å². The predicted octanol–water partition coefficient (Wildman–Crippen LogP) is 2.53. The van der Waals surface area contributed by atoms with Gasteiger partial charge in [-0.25, -0.2) is 0 Å². The maximum absolute atomic E-state index is 9.46. The number of anilines is 1. The van der Waals surface area contributed by atoms with Gasteiger partial charge in [0.2, 0.25) is 0 Å². The third-order valence-electron chi connectivity index (χ3n) is 3.46. The van der Waals surface area contributed by atoms with Crippen molar-refractivity contribution in [2.45, 2.75) is 19.4 Å². The van der Waals surface area contributed by atoms with Crippen LogP contribution in [-0.4, -0.2) is 24.3 Å². The zero-order chi connectivity index (χ0) is 12.4. The molecule has 3 nitrogen and oxygen atoms in total. The lowest BCUT2D eigenvalue weighted by Gasteiger charge is -2.28. The van der Waals surface area contributed by atoms with Gasteiger partial charge in [-0.1, -0.05) is 22.9 Å². The third-order valence-corrected chi connectivity index (χ3v) is 3.95. The molecule has 1 heterocycles. The summed E-state index contributed by atoms with van der Waals surface area (Å²) < 4.78 is 0.961. The third kappa shape index (κ3) is 2.31. The number of nitriles is 1. The fraction of sp³-hybridized carbons (Fsp3) is 0.462. The second kappa shape index (κ2) is 5.07. The molecule has 1 N–H and O–H groups in total. The van der Waals surface area contributed by atoms with Crippen LogP contribution in [0.25, 0.3) is 0 Å². The Morgan fingerprint density at radius 2 is 2.35 bits per heavy atom. The zero-order valence-corrected chi connectivity index (χ0v) is 11.3. The molecule has 1 aliphatic heterocycles. The van der Waals surface area contributed by atoms with Crippen LogP contribution in [0.4, 0.5) is 5.69 Å². The van der Waals surface area contributed by atoms with Crippen LogP contribution < -0.4 is 4.90 Å². The quantitative estimate of drug-likeness (QED) is 0.912. The molecule has 1 saturated heterocycles. The Morgan fingerprint density at radius 1 is 1.59 bits per heavy atom. The smallest absolute Gasteiger partial charge is 0.101 e. The number of nitrogens with zero attached hydrogens (tertiary/aromatic N) is 2. The normalized spacial score (nSPS) is 23.8. The van der Waals surface area contributed by atoms with E-state index < -0.39 is 0 Å². The van der Waals surface area contributed by atoms with Crippen LogP contribution in [0.3, 0.4) is 0 Å². The molecule has 0 radical (unpaired) electrons. The molecule has 1 fully saturated rings. The van der Waals surface area contributed by atoms with E-state index in [2.05, 4.69) is 33.8 Å². The Kier molecular flexibility index (Phi) is 3.70. The van der Waals surface area contributed by atoms with Gasteiger partial charge < -0.3 is 10.0 Å². The van der Waals surface area contributed by atoms with Crippen molar-refractivity contribution in [2.75, 3.05) is 18.1 Å². The molecule has 1 aromatic rings. The first kappa shape index (κ1) is 12.4.